The lowest BCUT2D eigenvalue weighted by atomic mass is 10.1. The number of carbonyl (C=O) groups excluding carboxylic acids is 2. The zero-order valence-electron chi connectivity index (χ0n) is 10.2. The fourth-order valence-electron chi connectivity index (χ4n) is 1.53. The second kappa shape index (κ2) is 5.52. The molecule has 0 spiro atoms. The van der Waals surface area contributed by atoms with Gasteiger partial charge in [0, 0.05) is 6.42 Å². The molecule has 1 rings (SSSR count). The van der Waals surface area contributed by atoms with E-state index in [0.29, 0.717) is 17.8 Å². The summed E-state index contributed by atoms with van der Waals surface area (Å²) in [6.07, 6.45) is 0.0442. The molecule has 0 aromatic heterocycles. The molecule has 0 bridgehead atoms. The third kappa shape index (κ3) is 3.09. The normalized spacial score (nSPS) is 18.6. The average molecular weight is 240 g/mol. The Hall–Kier alpha value is -1.78. The molecule has 5 nitrogen and oxygen atoms in total. The average Bonchev–Trinajstić information content (AvgIpc) is 2.72. The van der Waals surface area contributed by atoms with E-state index in [1.54, 1.807) is 6.92 Å². The van der Waals surface area contributed by atoms with Gasteiger partial charge in [0.15, 0.2) is 0 Å². The molecule has 94 valence electrons. The van der Waals surface area contributed by atoms with E-state index >= 15 is 0 Å². The lowest BCUT2D eigenvalue weighted by Crippen LogP contribution is -2.09. The minimum Gasteiger partial charge on any atom is -0.489 e. The van der Waals surface area contributed by atoms with Crippen LogP contribution in [0.4, 0.5) is 0 Å². The van der Waals surface area contributed by atoms with Crippen LogP contribution < -0.4 is 0 Å². The summed E-state index contributed by atoms with van der Waals surface area (Å²) in [6.45, 7) is 5.58. The Kier molecular flexibility index (Phi) is 4.31. The van der Waals surface area contributed by atoms with Crippen LogP contribution in [0.3, 0.4) is 0 Å². The molecule has 0 N–H and O–H groups in total. The van der Waals surface area contributed by atoms with Crippen LogP contribution in [0.1, 0.15) is 19.8 Å². The Bertz CT molecular complexity index is 380. The first kappa shape index (κ1) is 13.3. The van der Waals surface area contributed by atoms with Gasteiger partial charge in [0.05, 0.1) is 19.8 Å². The molecule has 1 aliphatic heterocycles. The van der Waals surface area contributed by atoms with Gasteiger partial charge in [-0.25, -0.2) is 4.79 Å². The lowest BCUT2D eigenvalue weighted by molar-refractivity contribution is -0.140. The first-order chi connectivity index (χ1) is 7.99. The molecule has 1 heterocycles. The van der Waals surface area contributed by atoms with Gasteiger partial charge in [-0.2, -0.15) is 0 Å². The molecule has 0 amide bonds. The standard InChI is InChI=1S/C12H16O5/c1-7(2)9-5-8(12(14)16-4)10(17-9)6-11(13)15-3/h9H,1,5-6H2,2-4H3. The van der Waals surface area contributed by atoms with Crippen molar-refractivity contribution in [3.8, 4) is 0 Å². The fourth-order valence-corrected chi connectivity index (χ4v) is 1.53. The second-order valence-electron chi connectivity index (χ2n) is 3.80. The van der Waals surface area contributed by atoms with Crippen molar-refractivity contribution in [1.82, 2.24) is 0 Å². The highest BCUT2D eigenvalue weighted by Gasteiger charge is 2.32. The van der Waals surface area contributed by atoms with Gasteiger partial charge in [0.25, 0.3) is 0 Å². The van der Waals surface area contributed by atoms with Crippen LogP contribution >= 0.6 is 0 Å². The van der Waals surface area contributed by atoms with Crippen LogP contribution in [0, 0.1) is 0 Å². The topological polar surface area (TPSA) is 61.8 Å². The predicted octanol–water partition coefficient (Wildman–Crippen LogP) is 1.34. The fraction of sp³-hybridized carbons (Fsp3) is 0.500. The Labute approximate surface area is 100 Å². The molecule has 0 aliphatic carbocycles. The van der Waals surface area contributed by atoms with E-state index in [1.165, 1.54) is 14.2 Å². The van der Waals surface area contributed by atoms with Crippen molar-refractivity contribution in [2.45, 2.75) is 25.9 Å². The third-order valence-corrected chi connectivity index (χ3v) is 2.52. The minimum atomic E-state index is -0.479. The first-order valence-electron chi connectivity index (χ1n) is 5.18. The highest BCUT2D eigenvalue weighted by molar-refractivity contribution is 5.90. The van der Waals surface area contributed by atoms with E-state index in [9.17, 15) is 9.59 Å². The van der Waals surface area contributed by atoms with Crippen molar-refractivity contribution >= 4 is 11.9 Å². The molecule has 1 aliphatic rings. The van der Waals surface area contributed by atoms with E-state index in [1.807, 2.05) is 0 Å². The van der Waals surface area contributed by atoms with Crippen LogP contribution in [0.2, 0.25) is 0 Å². The van der Waals surface area contributed by atoms with Crippen LogP contribution in [0.15, 0.2) is 23.5 Å². The van der Waals surface area contributed by atoms with Gasteiger partial charge in [-0.3, -0.25) is 4.79 Å². The van der Waals surface area contributed by atoms with Gasteiger partial charge in [0.2, 0.25) is 0 Å². The predicted molar refractivity (Wildman–Crippen MR) is 60.0 cm³/mol. The number of esters is 2. The van der Waals surface area contributed by atoms with E-state index in [4.69, 9.17) is 4.74 Å². The van der Waals surface area contributed by atoms with Crippen LogP contribution in [0.25, 0.3) is 0 Å². The summed E-state index contributed by atoms with van der Waals surface area (Å²) in [5.74, 6) is -0.617. The van der Waals surface area contributed by atoms with Crippen molar-refractivity contribution in [3.63, 3.8) is 0 Å². The molecule has 0 fully saturated rings. The molecule has 0 saturated heterocycles. The van der Waals surface area contributed by atoms with Gasteiger partial charge in [-0.15, -0.1) is 0 Å². The van der Waals surface area contributed by atoms with Gasteiger partial charge in [-0.1, -0.05) is 6.58 Å². The van der Waals surface area contributed by atoms with Gasteiger partial charge >= 0.3 is 11.9 Å². The molecule has 0 aromatic carbocycles. The molecule has 0 saturated carbocycles. The SMILES string of the molecule is C=C(C)C1CC(C(=O)OC)=C(CC(=O)OC)O1. The largest absolute Gasteiger partial charge is 0.489 e. The summed E-state index contributed by atoms with van der Waals surface area (Å²) in [4.78, 5) is 22.7. The summed E-state index contributed by atoms with van der Waals surface area (Å²) in [7, 11) is 2.57. The van der Waals surface area contributed by atoms with Crippen molar-refractivity contribution in [2.24, 2.45) is 0 Å². The number of hydrogen-bond acceptors (Lipinski definition) is 5. The summed E-state index contributed by atoms with van der Waals surface area (Å²) in [5.41, 5.74) is 1.18. The summed E-state index contributed by atoms with van der Waals surface area (Å²) < 4.78 is 14.7. The Morgan fingerprint density at radius 3 is 2.53 bits per heavy atom. The molecule has 1 unspecified atom stereocenters. The highest BCUT2D eigenvalue weighted by Crippen LogP contribution is 2.31. The Morgan fingerprint density at radius 1 is 1.41 bits per heavy atom. The number of hydrogen-bond donors (Lipinski definition) is 0. The third-order valence-electron chi connectivity index (χ3n) is 2.52. The molecule has 1 atom stereocenters. The lowest BCUT2D eigenvalue weighted by Gasteiger charge is -2.11. The molecule has 0 aromatic rings. The number of rotatable bonds is 4. The summed E-state index contributed by atoms with van der Waals surface area (Å²) >= 11 is 0. The van der Waals surface area contributed by atoms with Crippen LogP contribution in [-0.2, 0) is 23.8 Å². The second-order valence-corrected chi connectivity index (χ2v) is 3.80. The maximum atomic E-state index is 11.5. The zero-order valence-corrected chi connectivity index (χ0v) is 10.2. The highest BCUT2D eigenvalue weighted by atomic mass is 16.5. The summed E-state index contributed by atoms with van der Waals surface area (Å²) in [6, 6.07) is 0. The molecule has 5 heteroatoms. The van der Waals surface area contributed by atoms with Crippen molar-refractivity contribution in [3.05, 3.63) is 23.5 Å². The maximum absolute atomic E-state index is 11.5. The van der Waals surface area contributed by atoms with Gasteiger partial charge in [-0.05, 0) is 12.5 Å². The van der Waals surface area contributed by atoms with Gasteiger partial charge < -0.3 is 14.2 Å². The van der Waals surface area contributed by atoms with Crippen molar-refractivity contribution in [1.29, 1.82) is 0 Å². The molecular weight excluding hydrogens is 224 g/mol. The van der Waals surface area contributed by atoms with E-state index < -0.39 is 11.9 Å². The van der Waals surface area contributed by atoms with E-state index in [0.717, 1.165) is 5.57 Å². The molecule has 0 radical (unpaired) electrons. The quantitative estimate of drug-likeness (QED) is 0.548. The zero-order chi connectivity index (χ0) is 13.0. The molecule has 17 heavy (non-hydrogen) atoms. The Morgan fingerprint density at radius 2 is 2.06 bits per heavy atom. The van der Waals surface area contributed by atoms with Crippen molar-refractivity contribution in [2.75, 3.05) is 14.2 Å². The van der Waals surface area contributed by atoms with E-state index in [2.05, 4.69) is 16.1 Å². The monoisotopic (exact) mass is 240 g/mol. The number of ether oxygens (including phenoxy) is 3. The van der Waals surface area contributed by atoms with Crippen LogP contribution in [0.5, 0.6) is 0 Å². The smallest absolute Gasteiger partial charge is 0.337 e. The summed E-state index contributed by atoms with van der Waals surface area (Å²) in [5, 5.41) is 0. The number of methoxy groups -OCH3 is 2. The number of carbonyl (C=O) groups is 2. The first-order valence-corrected chi connectivity index (χ1v) is 5.18. The molecular formula is C12H16O5. The Balaban J connectivity index is 2.87. The van der Waals surface area contributed by atoms with E-state index in [-0.39, 0.29) is 12.5 Å². The van der Waals surface area contributed by atoms with Crippen LogP contribution in [-0.4, -0.2) is 32.3 Å². The van der Waals surface area contributed by atoms with Gasteiger partial charge in [0.1, 0.15) is 18.3 Å². The minimum absolute atomic E-state index is 0.0648. The maximum Gasteiger partial charge on any atom is 0.337 e. The van der Waals surface area contributed by atoms with Crippen molar-refractivity contribution < 1.29 is 23.8 Å².